The van der Waals surface area contributed by atoms with Crippen molar-refractivity contribution in [2.24, 2.45) is 11.7 Å². The highest BCUT2D eigenvalue weighted by molar-refractivity contribution is 5.98. The summed E-state index contributed by atoms with van der Waals surface area (Å²) < 4.78 is 11.2. The summed E-state index contributed by atoms with van der Waals surface area (Å²) in [5.74, 6) is 0.0465. The molecule has 1 aliphatic carbocycles. The summed E-state index contributed by atoms with van der Waals surface area (Å²) in [5.41, 5.74) is 7.01. The van der Waals surface area contributed by atoms with Crippen LogP contribution in [0, 0.1) is 5.92 Å². The zero-order valence-electron chi connectivity index (χ0n) is 13.9. The lowest BCUT2D eigenvalue weighted by Crippen LogP contribution is -2.38. The molecule has 0 spiro atoms. The second kappa shape index (κ2) is 5.91. The van der Waals surface area contributed by atoms with Crippen molar-refractivity contribution >= 4 is 17.5 Å². The summed E-state index contributed by atoms with van der Waals surface area (Å²) >= 11 is 0. The van der Waals surface area contributed by atoms with Crippen molar-refractivity contribution in [2.75, 3.05) is 18.6 Å². The van der Waals surface area contributed by atoms with Crippen molar-refractivity contribution in [1.29, 1.82) is 0 Å². The standard InChI is InChI=1S/C18H19N3O4/c1-21-12-6-2-3-7-13(12)24-9-11(18(21)23)10-5-4-8-14-15(10)16(17(19)22)20-25-14/h2-3,6-7,10-11H,4-5,8-9H2,1H3,(H2,19,22)/t10?,11-/m1/s1. The van der Waals surface area contributed by atoms with E-state index in [-0.39, 0.29) is 24.1 Å². The molecule has 1 aromatic carbocycles. The molecule has 0 bridgehead atoms. The van der Waals surface area contributed by atoms with E-state index in [0.717, 1.165) is 18.5 Å². The van der Waals surface area contributed by atoms with E-state index in [1.54, 1.807) is 11.9 Å². The lowest BCUT2D eigenvalue weighted by atomic mass is 9.77. The van der Waals surface area contributed by atoms with Gasteiger partial charge < -0.3 is 19.9 Å². The smallest absolute Gasteiger partial charge is 0.271 e. The van der Waals surface area contributed by atoms with E-state index in [9.17, 15) is 9.59 Å². The molecule has 25 heavy (non-hydrogen) atoms. The molecule has 2 atom stereocenters. The lowest BCUT2D eigenvalue weighted by Gasteiger charge is -2.29. The third-order valence-corrected chi connectivity index (χ3v) is 5.10. The second-order valence-corrected chi connectivity index (χ2v) is 6.51. The number of aryl methyl sites for hydroxylation is 1. The molecule has 2 aliphatic rings. The van der Waals surface area contributed by atoms with Crippen LogP contribution in [-0.2, 0) is 11.2 Å². The summed E-state index contributed by atoms with van der Waals surface area (Å²) in [4.78, 5) is 26.5. The van der Waals surface area contributed by atoms with E-state index in [4.69, 9.17) is 15.0 Å². The van der Waals surface area contributed by atoms with Gasteiger partial charge in [-0.1, -0.05) is 17.3 Å². The van der Waals surface area contributed by atoms with Crippen LogP contribution in [0.3, 0.4) is 0 Å². The van der Waals surface area contributed by atoms with Crippen LogP contribution in [0.2, 0.25) is 0 Å². The maximum atomic E-state index is 13.1. The predicted octanol–water partition coefficient (Wildman–Crippen LogP) is 1.86. The van der Waals surface area contributed by atoms with Crippen molar-refractivity contribution in [3.63, 3.8) is 0 Å². The normalized spacial score (nSPS) is 22.6. The maximum Gasteiger partial charge on any atom is 0.271 e. The van der Waals surface area contributed by atoms with Crippen LogP contribution in [0.4, 0.5) is 5.69 Å². The number of ether oxygens (including phenoxy) is 1. The molecule has 1 aromatic heterocycles. The molecule has 4 rings (SSSR count). The van der Waals surface area contributed by atoms with Gasteiger partial charge in [0.15, 0.2) is 5.69 Å². The van der Waals surface area contributed by atoms with E-state index >= 15 is 0 Å². The molecule has 1 aliphatic heterocycles. The van der Waals surface area contributed by atoms with Crippen molar-refractivity contribution in [3.05, 3.63) is 41.3 Å². The van der Waals surface area contributed by atoms with Gasteiger partial charge in [0.1, 0.15) is 18.1 Å². The van der Waals surface area contributed by atoms with Gasteiger partial charge in [0.25, 0.3) is 5.91 Å². The molecular weight excluding hydrogens is 322 g/mol. The van der Waals surface area contributed by atoms with E-state index < -0.39 is 11.8 Å². The van der Waals surface area contributed by atoms with E-state index in [1.807, 2.05) is 24.3 Å². The number of carbonyl (C=O) groups excluding carboxylic acids is 2. The fraction of sp³-hybridized carbons (Fsp3) is 0.389. The Morgan fingerprint density at radius 1 is 1.32 bits per heavy atom. The largest absolute Gasteiger partial charge is 0.491 e. The van der Waals surface area contributed by atoms with E-state index in [0.29, 0.717) is 23.5 Å². The molecule has 2 N–H and O–H groups in total. The van der Waals surface area contributed by atoms with Gasteiger partial charge in [0.2, 0.25) is 5.91 Å². The topological polar surface area (TPSA) is 98.7 Å². The molecule has 1 unspecified atom stereocenters. The van der Waals surface area contributed by atoms with Crippen LogP contribution in [-0.4, -0.2) is 30.6 Å². The summed E-state index contributed by atoms with van der Waals surface area (Å²) in [6.07, 6.45) is 2.33. The number of hydrogen-bond acceptors (Lipinski definition) is 5. The molecule has 0 saturated heterocycles. The number of aromatic nitrogens is 1. The summed E-state index contributed by atoms with van der Waals surface area (Å²) in [6, 6.07) is 7.45. The fourth-order valence-corrected chi connectivity index (χ4v) is 3.86. The summed E-state index contributed by atoms with van der Waals surface area (Å²) in [7, 11) is 1.75. The SMILES string of the molecule is CN1C(=O)[C@@H](C2CCCc3onc(C(N)=O)c32)COc2ccccc21. The highest BCUT2D eigenvalue weighted by Crippen LogP contribution is 2.42. The number of carbonyl (C=O) groups is 2. The number of fused-ring (bicyclic) bond motifs is 2. The van der Waals surface area contributed by atoms with Crippen molar-refractivity contribution < 1.29 is 18.8 Å². The molecule has 7 nitrogen and oxygen atoms in total. The first-order valence-corrected chi connectivity index (χ1v) is 8.35. The Kier molecular flexibility index (Phi) is 3.71. The van der Waals surface area contributed by atoms with Crippen LogP contribution in [0.1, 0.15) is 40.6 Å². The number of benzene rings is 1. The number of anilines is 1. The highest BCUT2D eigenvalue weighted by Gasteiger charge is 2.41. The summed E-state index contributed by atoms with van der Waals surface area (Å²) in [6.45, 7) is 0.244. The van der Waals surface area contributed by atoms with Gasteiger partial charge in [-0.3, -0.25) is 9.59 Å². The monoisotopic (exact) mass is 341 g/mol. The van der Waals surface area contributed by atoms with Gasteiger partial charge in [0.05, 0.1) is 11.6 Å². The Morgan fingerprint density at radius 3 is 2.92 bits per heavy atom. The molecule has 2 heterocycles. The van der Waals surface area contributed by atoms with Crippen LogP contribution in [0.15, 0.2) is 28.8 Å². The summed E-state index contributed by atoms with van der Waals surface area (Å²) in [5, 5.41) is 3.83. The molecule has 0 fully saturated rings. The van der Waals surface area contributed by atoms with Gasteiger partial charge in [0, 0.05) is 24.9 Å². The minimum Gasteiger partial charge on any atom is -0.491 e. The molecule has 2 amide bonds. The van der Waals surface area contributed by atoms with Crippen LogP contribution in [0.5, 0.6) is 5.75 Å². The Hall–Kier alpha value is -2.83. The molecule has 2 aromatic rings. The number of rotatable bonds is 2. The number of hydrogen-bond donors (Lipinski definition) is 1. The average molecular weight is 341 g/mol. The van der Waals surface area contributed by atoms with Gasteiger partial charge >= 0.3 is 0 Å². The number of nitrogens with two attached hydrogens (primary N) is 1. The Morgan fingerprint density at radius 2 is 2.12 bits per heavy atom. The van der Waals surface area contributed by atoms with Crippen molar-refractivity contribution in [1.82, 2.24) is 5.16 Å². The van der Waals surface area contributed by atoms with Crippen LogP contribution < -0.4 is 15.4 Å². The van der Waals surface area contributed by atoms with E-state index in [1.165, 1.54) is 0 Å². The molecule has 130 valence electrons. The lowest BCUT2D eigenvalue weighted by molar-refractivity contribution is -0.123. The first-order valence-electron chi connectivity index (χ1n) is 8.35. The molecule has 0 radical (unpaired) electrons. The Balaban J connectivity index is 1.74. The van der Waals surface area contributed by atoms with Gasteiger partial charge in [-0.25, -0.2) is 0 Å². The molecule has 0 saturated carbocycles. The Labute approximate surface area is 144 Å². The Bertz CT molecular complexity index is 845. The van der Waals surface area contributed by atoms with Gasteiger partial charge in [-0.15, -0.1) is 0 Å². The minimum atomic E-state index is -0.629. The van der Waals surface area contributed by atoms with Crippen molar-refractivity contribution in [3.8, 4) is 5.75 Å². The quantitative estimate of drug-likeness (QED) is 0.899. The molecule has 7 heteroatoms. The zero-order valence-corrected chi connectivity index (χ0v) is 13.9. The zero-order chi connectivity index (χ0) is 17.6. The average Bonchev–Trinajstić information content (AvgIpc) is 3.01. The first kappa shape index (κ1) is 15.7. The van der Waals surface area contributed by atoms with Crippen LogP contribution in [0.25, 0.3) is 0 Å². The molecular formula is C18H19N3O4. The maximum absolute atomic E-state index is 13.1. The van der Waals surface area contributed by atoms with Gasteiger partial charge in [-0.2, -0.15) is 0 Å². The highest BCUT2D eigenvalue weighted by atomic mass is 16.5. The minimum absolute atomic E-state index is 0.0422. The van der Waals surface area contributed by atoms with Crippen molar-refractivity contribution in [2.45, 2.75) is 25.2 Å². The number of para-hydroxylation sites is 2. The fourth-order valence-electron chi connectivity index (χ4n) is 3.86. The number of primary amides is 1. The first-order chi connectivity index (χ1) is 12.1. The second-order valence-electron chi connectivity index (χ2n) is 6.51. The third kappa shape index (κ3) is 2.47. The number of amides is 2. The van der Waals surface area contributed by atoms with Crippen LogP contribution >= 0.6 is 0 Å². The number of nitrogens with zero attached hydrogens (tertiary/aromatic N) is 2. The van der Waals surface area contributed by atoms with Gasteiger partial charge in [-0.05, 0) is 25.0 Å². The third-order valence-electron chi connectivity index (χ3n) is 5.10. The predicted molar refractivity (Wildman–Crippen MR) is 89.5 cm³/mol. The van der Waals surface area contributed by atoms with E-state index in [2.05, 4.69) is 5.16 Å².